The number of aliphatic hydroxyl groups excluding tert-OH is 1. The fraction of sp³-hybridized carbons (Fsp3) is 0.875. The summed E-state index contributed by atoms with van der Waals surface area (Å²) in [6, 6.07) is 0. The zero-order chi connectivity index (χ0) is 10.3. The second-order valence-electron chi connectivity index (χ2n) is 3.16. The van der Waals surface area contributed by atoms with Crippen LogP contribution in [0, 0.1) is 5.41 Å². The number of aliphatic carboxylic acids is 1. The molecule has 5 heteroatoms. The maximum absolute atomic E-state index is 10.7. The van der Waals surface area contributed by atoms with Crippen LogP contribution in [0.25, 0.3) is 0 Å². The monoisotopic (exact) mass is 191 g/mol. The van der Waals surface area contributed by atoms with Gasteiger partial charge in [0.05, 0.1) is 18.6 Å². The summed E-state index contributed by atoms with van der Waals surface area (Å²) in [7, 11) is 0. The molecule has 0 aromatic rings. The van der Waals surface area contributed by atoms with Gasteiger partial charge in [-0.1, -0.05) is 0 Å². The molecule has 0 saturated heterocycles. The van der Waals surface area contributed by atoms with Crippen molar-refractivity contribution in [3.05, 3.63) is 0 Å². The largest absolute Gasteiger partial charge is 0.481 e. The van der Waals surface area contributed by atoms with Crippen LogP contribution in [-0.4, -0.2) is 42.5 Å². The molecule has 4 N–H and O–H groups in total. The minimum absolute atomic E-state index is 0.0492. The van der Waals surface area contributed by atoms with E-state index in [2.05, 4.69) is 0 Å². The standard InChI is InChI=1S/C8H17NO4/c1-8(6-9,7(11)12)2-4-13-5-3-10/h10H,2-6,9H2,1H3,(H,11,12). The van der Waals surface area contributed by atoms with Crippen LogP contribution < -0.4 is 5.73 Å². The van der Waals surface area contributed by atoms with E-state index in [1.54, 1.807) is 6.92 Å². The van der Waals surface area contributed by atoms with Gasteiger partial charge in [0.15, 0.2) is 0 Å². The Kier molecular flexibility index (Phi) is 5.61. The molecule has 0 bridgehead atoms. The summed E-state index contributed by atoms with van der Waals surface area (Å²) in [6.45, 7) is 2.16. The average molecular weight is 191 g/mol. The fourth-order valence-electron chi connectivity index (χ4n) is 0.760. The van der Waals surface area contributed by atoms with Crippen molar-refractivity contribution < 1.29 is 19.7 Å². The topological polar surface area (TPSA) is 92.8 Å². The van der Waals surface area contributed by atoms with Crippen molar-refractivity contribution in [1.82, 2.24) is 0 Å². The van der Waals surface area contributed by atoms with Crippen LogP contribution in [0.1, 0.15) is 13.3 Å². The third-order valence-electron chi connectivity index (χ3n) is 2.00. The fourth-order valence-corrected chi connectivity index (χ4v) is 0.760. The summed E-state index contributed by atoms with van der Waals surface area (Å²) >= 11 is 0. The predicted octanol–water partition coefficient (Wildman–Crippen LogP) is -0.565. The van der Waals surface area contributed by atoms with E-state index in [4.69, 9.17) is 20.7 Å². The Labute approximate surface area is 77.5 Å². The lowest BCUT2D eigenvalue weighted by molar-refractivity contribution is -0.148. The Morgan fingerprint density at radius 1 is 1.54 bits per heavy atom. The molecule has 78 valence electrons. The minimum Gasteiger partial charge on any atom is -0.481 e. The molecular formula is C8H17NO4. The van der Waals surface area contributed by atoms with Crippen LogP contribution in [0.5, 0.6) is 0 Å². The highest BCUT2D eigenvalue weighted by Crippen LogP contribution is 2.19. The van der Waals surface area contributed by atoms with Crippen LogP contribution in [0.15, 0.2) is 0 Å². The molecular weight excluding hydrogens is 174 g/mol. The summed E-state index contributed by atoms with van der Waals surface area (Å²) in [5, 5.41) is 17.2. The zero-order valence-corrected chi connectivity index (χ0v) is 7.82. The van der Waals surface area contributed by atoms with Crippen LogP contribution in [-0.2, 0) is 9.53 Å². The average Bonchev–Trinajstić information content (AvgIpc) is 2.12. The summed E-state index contributed by atoms with van der Waals surface area (Å²) in [5.41, 5.74) is 4.42. The normalized spacial score (nSPS) is 15.3. The lowest BCUT2D eigenvalue weighted by Crippen LogP contribution is -2.36. The molecule has 1 atom stereocenters. The lowest BCUT2D eigenvalue weighted by atomic mass is 9.87. The van der Waals surface area contributed by atoms with E-state index in [0.29, 0.717) is 13.0 Å². The smallest absolute Gasteiger partial charge is 0.310 e. The van der Waals surface area contributed by atoms with E-state index >= 15 is 0 Å². The van der Waals surface area contributed by atoms with Gasteiger partial charge in [-0.15, -0.1) is 0 Å². The molecule has 5 nitrogen and oxygen atoms in total. The zero-order valence-electron chi connectivity index (χ0n) is 7.82. The van der Waals surface area contributed by atoms with E-state index in [1.165, 1.54) is 0 Å². The molecule has 0 spiro atoms. The van der Waals surface area contributed by atoms with Gasteiger partial charge in [-0.2, -0.15) is 0 Å². The van der Waals surface area contributed by atoms with Gasteiger partial charge in [0, 0.05) is 13.2 Å². The van der Waals surface area contributed by atoms with Crippen molar-refractivity contribution in [2.75, 3.05) is 26.4 Å². The Morgan fingerprint density at radius 3 is 2.54 bits per heavy atom. The Balaban J connectivity index is 3.78. The highest BCUT2D eigenvalue weighted by Gasteiger charge is 2.30. The summed E-state index contributed by atoms with van der Waals surface area (Å²) in [6.07, 6.45) is 0.360. The number of hydrogen-bond acceptors (Lipinski definition) is 4. The van der Waals surface area contributed by atoms with Crippen LogP contribution in [0.3, 0.4) is 0 Å². The number of ether oxygens (including phenoxy) is 1. The molecule has 0 fully saturated rings. The number of carboxylic acid groups (broad SMARTS) is 1. The van der Waals surface area contributed by atoms with Crippen LogP contribution in [0.4, 0.5) is 0 Å². The first-order valence-corrected chi connectivity index (χ1v) is 4.19. The van der Waals surface area contributed by atoms with E-state index in [-0.39, 0.29) is 19.8 Å². The van der Waals surface area contributed by atoms with E-state index in [1.807, 2.05) is 0 Å². The molecule has 0 aromatic heterocycles. The van der Waals surface area contributed by atoms with Gasteiger partial charge in [-0.3, -0.25) is 4.79 Å². The summed E-state index contributed by atoms with van der Waals surface area (Å²) < 4.78 is 4.96. The molecule has 0 saturated carbocycles. The summed E-state index contributed by atoms with van der Waals surface area (Å²) in [5.74, 6) is -0.914. The number of hydrogen-bond donors (Lipinski definition) is 3. The third kappa shape index (κ3) is 4.21. The Hall–Kier alpha value is -0.650. The van der Waals surface area contributed by atoms with Crippen molar-refractivity contribution in [2.24, 2.45) is 11.1 Å². The van der Waals surface area contributed by atoms with Crippen molar-refractivity contribution in [3.8, 4) is 0 Å². The van der Waals surface area contributed by atoms with Crippen molar-refractivity contribution in [3.63, 3.8) is 0 Å². The molecule has 0 radical (unpaired) electrons. The SMILES string of the molecule is CC(CN)(CCOCCO)C(=O)O. The first kappa shape index (κ1) is 12.3. The van der Waals surface area contributed by atoms with Gasteiger partial charge in [0.2, 0.25) is 0 Å². The number of rotatable bonds is 7. The molecule has 0 aliphatic heterocycles. The molecule has 0 rings (SSSR count). The maximum atomic E-state index is 10.7. The van der Waals surface area contributed by atoms with E-state index in [0.717, 1.165) is 0 Å². The quantitative estimate of drug-likeness (QED) is 0.469. The second-order valence-corrected chi connectivity index (χ2v) is 3.16. The number of carboxylic acids is 1. The maximum Gasteiger partial charge on any atom is 0.310 e. The van der Waals surface area contributed by atoms with Crippen molar-refractivity contribution in [2.45, 2.75) is 13.3 Å². The predicted molar refractivity (Wildman–Crippen MR) is 47.3 cm³/mol. The molecule has 0 heterocycles. The van der Waals surface area contributed by atoms with Gasteiger partial charge in [-0.05, 0) is 13.3 Å². The first-order valence-electron chi connectivity index (χ1n) is 4.19. The molecule has 0 amide bonds. The Morgan fingerprint density at radius 2 is 2.15 bits per heavy atom. The lowest BCUT2D eigenvalue weighted by Gasteiger charge is -2.22. The summed E-state index contributed by atoms with van der Waals surface area (Å²) in [4.78, 5) is 10.7. The minimum atomic E-state index is -0.921. The van der Waals surface area contributed by atoms with Crippen LogP contribution in [0.2, 0.25) is 0 Å². The highest BCUT2D eigenvalue weighted by atomic mass is 16.5. The third-order valence-corrected chi connectivity index (χ3v) is 2.00. The molecule has 0 aliphatic carbocycles. The van der Waals surface area contributed by atoms with Crippen molar-refractivity contribution >= 4 is 5.97 Å². The molecule has 0 aromatic carbocycles. The molecule has 13 heavy (non-hydrogen) atoms. The first-order chi connectivity index (χ1) is 6.06. The Bertz CT molecular complexity index is 162. The van der Waals surface area contributed by atoms with Gasteiger partial charge in [-0.25, -0.2) is 0 Å². The molecule has 1 unspecified atom stereocenters. The van der Waals surface area contributed by atoms with Crippen molar-refractivity contribution in [1.29, 1.82) is 0 Å². The van der Waals surface area contributed by atoms with Gasteiger partial charge >= 0.3 is 5.97 Å². The molecule has 0 aliphatic rings. The van der Waals surface area contributed by atoms with Gasteiger partial charge < -0.3 is 20.7 Å². The van der Waals surface area contributed by atoms with Gasteiger partial charge in [0.25, 0.3) is 0 Å². The van der Waals surface area contributed by atoms with E-state index in [9.17, 15) is 4.79 Å². The number of carbonyl (C=O) groups is 1. The highest BCUT2D eigenvalue weighted by molar-refractivity contribution is 5.74. The number of aliphatic hydroxyl groups is 1. The van der Waals surface area contributed by atoms with Crippen LogP contribution >= 0.6 is 0 Å². The van der Waals surface area contributed by atoms with E-state index < -0.39 is 11.4 Å². The number of nitrogens with two attached hydrogens (primary N) is 1. The van der Waals surface area contributed by atoms with Gasteiger partial charge in [0.1, 0.15) is 0 Å². The second kappa shape index (κ2) is 5.90.